The maximum atomic E-state index is 10.8. The maximum absolute atomic E-state index is 10.8. The summed E-state index contributed by atoms with van der Waals surface area (Å²) in [5.41, 5.74) is 2.95. The first-order chi connectivity index (χ1) is 8.74. The molecule has 0 saturated heterocycles. The number of hydrogen-bond acceptors (Lipinski definition) is 2. The summed E-state index contributed by atoms with van der Waals surface area (Å²) < 4.78 is 0. The predicted octanol–water partition coefficient (Wildman–Crippen LogP) is 3.74. The van der Waals surface area contributed by atoms with E-state index in [0.29, 0.717) is 0 Å². The van der Waals surface area contributed by atoms with Gasteiger partial charge in [-0.1, -0.05) is 24.3 Å². The van der Waals surface area contributed by atoms with E-state index in [0.717, 1.165) is 22.0 Å². The molecular weight excluding hydrogens is 228 g/mol. The van der Waals surface area contributed by atoms with Crippen molar-refractivity contribution in [2.45, 2.75) is 0 Å². The lowest BCUT2D eigenvalue weighted by Crippen LogP contribution is -1.88. The van der Waals surface area contributed by atoms with Crippen LogP contribution in [0.15, 0.2) is 54.7 Å². The molecule has 0 amide bonds. The molecule has 3 rings (SSSR count). The van der Waals surface area contributed by atoms with Gasteiger partial charge in [0.1, 0.15) is 0 Å². The highest BCUT2D eigenvalue weighted by Crippen LogP contribution is 2.26. The first-order valence-electron chi connectivity index (χ1n) is 5.56. The molecule has 1 aromatic heterocycles. The number of benzene rings is 2. The molecule has 88 valence electrons. The van der Waals surface area contributed by atoms with Crippen molar-refractivity contribution in [2.75, 3.05) is 0 Å². The second-order valence-corrected chi connectivity index (χ2v) is 4.09. The molecule has 1 heterocycles. The molecule has 18 heavy (non-hydrogen) atoms. The van der Waals surface area contributed by atoms with Crippen LogP contribution < -0.4 is 0 Å². The van der Waals surface area contributed by atoms with Crippen molar-refractivity contribution in [3.63, 3.8) is 0 Å². The van der Waals surface area contributed by atoms with Crippen molar-refractivity contribution in [1.82, 2.24) is 4.98 Å². The summed E-state index contributed by atoms with van der Waals surface area (Å²) in [6.07, 6.45) is 1.88. The fraction of sp³-hybridized carbons (Fsp3) is 0. The van der Waals surface area contributed by atoms with E-state index in [1.807, 2.05) is 36.5 Å². The second-order valence-electron chi connectivity index (χ2n) is 4.09. The van der Waals surface area contributed by atoms with E-state index < -0.39 is 0 Å². The molecule has 0 fully saturated rings. The van der Waals surface area contributed by atoms with Gasteiger partial charge in [0.05, 0.1) is 4.92 Å². The van der Waals surface area contributed by atoms with Crippen LogP contribution in [0.25, 0.3) is 22.0 Å². The van der Waals surface area contributed by atoms with Gasteiger partial charge in [0, 0.05) is 23.8 Å². The molecule has 3 aromatic rings. The number of fused-ring (bicyclic) bond motifs is 1. The van der Waals surface area contributed by atoms with Gasteiger partial charge in [0.2, 0.25) is 0 Å². The zero-order valence-electron chi connectivity index (χ0n) is 9.46. The molecule has 0 unspecified atom stereocenters. The van der Waals surface area contributed by atoms with Gasteiger partial charge in [-0.25, -0.2) is 0 Å². The van der Waals surface area contributed by atoms with Crippen LogP contribution >= 0.6 is 0 Å². The first-order valence-corrected chi connectivity index (χ1v) is 5.56. The van der Waals surface area contributed by atoms with Gasteiger partial charge >= 0.3 is 0 Å². The summed E-state index contributed by atoms with van der Waals surface area (Å²) in [5, 5.41) is 11.9. The van der Waals surface area contributed by atoms with E-state index >= 15 is 0 Å². The van der Waals surface area contributed by atoms with Crippen molar-refractivity contribution < 1.29 is 4.92 Å². The van der Waals surface area contributed by atoms with Crippen LogP contribution in [-0.2, 0) is 0 Å². The standard InChI is InChI=1S/C14H10N2O2/c17-16(18)13-3-1-2-11(8-13)12-5-4-10-6-7-15-14(10)9-12/h1-9,15H. The fourth-order valence-electron chi connectivity index (χ4n) is 2.03. The molecule has 4 nitrogen and oxygen atoms in total. The summed E-state index contributed by atoms with van der Waals surface area (Å²) in [6.45, 7) is 0. The average Bonchev–Trinajstić information content (AvgIpc) is 2.86. The van der Waals surface area contributed by atoms with E-state index in [2.05, 4.69) is 4.98 Å². The zero-order valence-corrected chi connectivity index (χ0v) is 9.46. The van der Waals surface area contributed by atoms with Crippen molar-refractivity contribution in [3.05, 3.63) is 64.8 Å². The summed E-state index contributed by atoms with van der Waals surface area (Å²) in [6, 6.07) is 14.6. The first kappa shape index (κ1) is 10.5. The highest BCUT2D eigenvalue weighted by Gasteiger charge is 2.07. The number of aromatic amines is 1. The number of nitrogens with zero attached hydrogens (tertiary/aromatic N) is 1. The molecule has 0 bridgehead atoms. The predicted molar refractivity (Wildman–Crippen MR) is 70.4 cm³/mol. The van der Waals surface area contributed by atoms with Gasteiger partial charge in [-0.3, -0.25) is 10.1 Å². The molecular formula is C14H10N2O2. The number of H-pyrrole nitrogens is 1. The Morgan fingerprint density at radius 3 is 2.67 bits per heavy atom. The summed E-state index contributed by atoms with van der Waals surface area (Å²) in [4.78, 5) is 13.5. The Morgan fingerprint density at radius 2 is 1.83 bits per heavy atom. The topological polar surface area (TPSA) is 58.9 Å². The number of rotatable bonds is 2. The Kier molecular flexibility index (Phi) is 2.34. The molecule has 0 radical (unpaired) electrons. The minimum absolute atomic E-state index is 0.110. The Bertz CT molecular complexity index is 731. The largest absolute Gasteiger partial charge is 0.361 e. The number of nitrogens with one attached hydrogen (secondary N) is 1. The molecule has 2 aromatic carbocycles. The van der Waals surface area contributed by atoms with Gasteiger partial charge in [0.25, 0.3) is 5.69 Å². The lowest BCUT2D eigenvalue weighted by Gasteiger charge is -2.02. The van der Waals surface area contributed by atoms with Crippen LogP contribution in [0.2, 0.25) is 0 Å². The number of nitro groups is 1. The van der Waals surface area contributed by atoms with E-state index in [4.69, 9.17) is 0 Å². The highest BCUT2D eigenvalue weighted by atomic mass is 16.6. The number of nitro benzene ring substituents is 1. The van der Waals surface area contributed by atoms with Crippen molar-refractivity contribution >= 4 is 16.6 Å². The van der Waals surface area contributed by atoms with Gasteiger partial charge in [-0.2, -0.15) is 0 Å². The van der Waals surface area contributed by atoms with E-state index in [1.54, 1.807) is 12.1 Å². The summed E-state index contributed by atoms with van der Waals surface area (Å²) in [7, 11) is 0. The second kappa shape index (κ2) is 4.00. The lowest BCUT2D eigenvalue weighted by molar-refractivity contribution is -0.384. The Balaban J connectivity index is 2.13. The molecule has 0 spiro atoms. The monoisotopic (exact) mass is 238 g/mol. The van der Waals surface area contributed by atoms with Gasteiger partial charge in [-0.15, -0.1) is 0 Å². The van der Waals surface area contributed by atoms with Crippen LogP contribution in [0.4, 0.5) is 5.69 Å². The molecule has 1 N–H and O–H groups in total. The zero-order chi connectivity index (χ0) is 12.5. The van der Waals surface area contributed by atoms with Crippen molar-refractivity contribution in [2.24, 2.45) is 0 Å². The Morgan fingerprint density at radius 1 is 1.00 bits per heavy atom. The molecule has 0 atom stereocenters. The molecule has 0 aliphatic rings. The molecule has 0 aliphatic heterocycles. The highest BCUT2D eigenvalue weighted by molar-refractivity contribution is 5.85. The van der Waals surface area contributed by atoms with E-state index in [-0.39, 0.29) is 10.6 Å². The lowest BCUT2D eigenvalue weighted by atomic mass is 10.0. The normalized spacial score (nSPS) is 10.7. The summed E-state index contributed by atoms with van der Waals surface area (Å²) >= 11 is 0. The maximum Gasteiger partial charge on any atom is 0.270 e. The van der Waals surface area contributed by atoms with Crippen molar-refractivity contribution in [3.8, 4) is 11.1 Å². The minimum Gasteiger partial charge on any atom is -0.361 e. The van der Waals surface area contributed by atoms with E-state index in [9.17, 15) is 10.1 Å². The number of non-ortho nitro benzene ring substituents is 1. The van der Waals surface area contributed by atoms with Crippen LogP contribution in [0.1, 0.15) is 0 Å². The number of hydrogen-bond donors (Lipinski definition) is 1. The molecule has 4 heteroatoms. The van der Waals surface area contributed by atoms with Crippen LogP contribution in [-0.4, -0.2) is 9.91 Å². The van der Waals surface area contributed by atoms with Crippen LogP contribution in [0.3, 0.4) is 0 Å². The SMILES string of the molecule is O=[N+]([O-])c1cccc(-c2ccc3cc[nH]c3c2)c1. The van der Waals surface area contributed by atoms with Crippen molar-refractivity contribution in [1.29, 1.82) is 0 Å². The molecule has 0 aliphatic carbocycles. The quantitative estimate of drug-likeness (QED) is 0.546. The Hall–Kier alpha value is -2.62. The summed E-state index contributed by atoms with van der Waals surface area (Å²) in [5.74, 6) is 0. The fourth-order valence-corrected chi connectivity index (χ4v) is 2.03. The van der Waals surface area contributed by atoms with Gasteiger partial charge in [-0.05, 0) is 28.6 Å². The minimum atomic E-state index is -0.378. The van der Waals surface area contributed by atoms with Gasteiger partial charge in [0.15, 0.2) is 0 Å². The van der Waals surface area contributed by atoms with Gasteiger partial charge < -0.3 is 4.98 Å². The third-order valence-corrected chi connectivity index (χ3v) is 2.95. The van der Waals surface area contributed by atoms with Crippen LogP contribution in [0, 0.1) is 10.1 Å². The smallest absolute Gasteiger partial charge is 0.270 e. The van der Waals surface area contributed by atoms with Crippen LogP contribution in [0.5, 0.6) is 0 Å². The number of aromatic nitrogens is 1. The Labute approximate surface area is 103 Å². The third-order valence-electron chi connectivity index (χ3n) is 2.95. The average molecular weight is 238 g/mol. The molecule has 0 saturated carbocycles. The third kappa shape index (κ3) is 1.73. The van der Waals surface area contributed by atoms with E-state index in [1.165, 1.54) is 6.07 Å².